The predicted octanol–water partition coefficient (Wildman–Crippen LogP) is 4.47. The lowest BCUT2D eigenvalue weighted by Gasteiger charge is -2.18. The molecule has 0 aliphatic carbocycles. The van der Waals surface area contributed by atoms with Gasteiger partial charge in [0.1, 0.15) is 16.2 Å². The molecule has 154 valence electrons. The summed E-state index contributed by atoms with van der Waals surface area (Å²) in [6, 6.07) is 8.04. The zero-order valence-electron chi connectivity index (χ0n) is 16.1. The van der Waals surface area contributed by atoms with Crippen molar-refractivity contribution in [1.29, 1.82) is 5.26 Å². The molecule has 0 bridgehead atoms. The van der Waals surface area contributed by atoms with Gasteiger partial charge in [0.15, 0.2) is 0 Å². The van der Waals surface area contributed by atoms with Crippen LogP contribution in [0.4, 0.5) is 10.3 Å². The van der Waals surface area contributed by atoms with Crippen LogP contribution in [0.5, 0.6) is 0 Å². The van der Waals surface area contributed by atoms with Crippen molar-refractivity contribution in [2.24, 2.45) is 0 Å². The van der Waals surface area contributed by atoms with Gasteiger partial charge in [-0.3, -0.25) is 9.69 Å². The van der Waals surface area contributed by atoms with E-state index in [0.29, 0.717) is 15.1 Å². The Morgan fingerprint density at radius 2 is 1.93 bits per heavy atom. The number of benzene rings is 1. The minimum absolute atomic E-state index is 0.216. The molecule has 2 aromatic rings. The number of hydrogen-bond acceptors (Lipinski definition) is 7. The van der Waals surface area contributed by atoms with Crippen molar-refractivity contribution in [3.05, 3.63) is 52.1 Å². The van der Waals surface area contributed by atoms with Crippen LogP contribution in [-0.2, 0) is 11.3 Å². The molecule has 0 saturated carbocycles. The Morgan fingerprint density at radius 1 is 1.23 bits per heavy atom. The number of thioether (sulfide) groups is 1. The zero-order chi connectivity index (χ0) is 21.1. The van der Waals surface area contributed by atoms with E-state index in [1.807, 2.05) is 0 Å². The van der Waals surface area contributed by atoms with Gasteiger partial charge in [0.25, 0.3) is 5.91 Å². The Morgan fingerprint density at radius 3 is 2.60 bits per heavy atom. The second-order valence-corrected chi connectivity index (χ2v) is 8.79. The first kappa shape index (κ1) is 20.6. The van der Waals surface area contributed by atoms with E-state index in [0.717, 1.165) is 56.1 Å². The molecule has 6 nitrogen and oxygen atoms in total. The third-order valence-electron chi connectivity index (χ3n) is 5.01. The first-order valence-electron chi connectivity index (χ1n) is 9.71. The molecule has 3 heterocycles. The Hall–Kier alpha value is -2.70. The normalized spacial score (nSPS) is 18.7. The van der Waals surface area contributed by atoms with Crippen molar-refractivity contribution in [3.8, 4) is 6.07 Å². The molecule has 4 rings (SSSR count). The van der Waals surface area contributed by atoms with Crippen molar-refractivity contribution < 1.29 is 13.6 Å². The van der Waals surface area contributed by atoms with Crippen LogP contribution < -0.4 is 4.90 Å². The number of aromatic nitrogens is 1. The quantitative estimate of drug-likeness (QED) is 0.511. The van der Waals surface area contributed by atoms with Gasteiger partial charge in [0, 0.05) is 19.2 Å². The number of rotatable bonds is 4. The van der Waals surface area contributed by atoms with Crippen LogP contribution in [0.3, 0.4) is 0 Å². The monoisotopic (exact) mass is 442 g/mol. The third-order valence-corrected chi connectivity index (χ3v) is 6.38. The average molecular weight is 443 g/mol. The molecule has 0 N–H and O–H groups in total. The number of nitrogens with zero attached hydrogens (tertiary/aromatic N) is 4. The Bertz CT molecular complexity index is 1030. The number of oxazole rings is 1. The number of anilines is 1. The van der Waals surface area contributed by atoms with Gasteiger partial charge in [0.05, 0.1) is 11.4 Å². The van der Waals surface area contributed by atoms with Gasteiger partial charge >= 0.3 is 0 Å². The van der Waals surface area contributed by atoms with Gasteiger partial charge in [-0.25, -0.2) is 4.39 Å². The second kappa shape index (κ2) is 8.98. The average Bonchev–Trinajstić information content (AvgIpc) is 3.11. The van der Waals surface area contributed by atoms with Gasteiger partial charge < -0.3 is 9.32 Å². The summed E-state index contributed by atoms with van der Waals surface area (Å²) in [6.07, 6.45) is 5.95. The molecule has 2 aliphatic rings. The maximum Gasteiger partial charge on any atom is 0.266 e. The maximum absolute atomic E-state index is 13.1. The molecule has 1 amide bonds. The number of carbonyl (C=O) groups excluding carboxylic acids is 1. The lowest BCUT2D eigenvalue weighted by atomic mass is 10.2. The van der Waals surface area contributed by atoms with Crippen molar-refractivity contribution in [1.82, 2.24) is 9.88 Å². The molecule has 0 radical (unpaired) electrons. The fraction of sp³-hybridized carbons (Fsp3) is 0.333. The Labute approximate surface area is 183 Å². The number of carbonyl (C=O) groups is 1. The predicted molar refractivity (Wildman–Crippen MR) is 117 cm³/mol. The SMILES string of the molecule is N#Cc1nc(C=C2SC(=S)N(Cc3ccc(F)cc3)C2=O)oc1N1CCCCCC1. The van der Waals surface area contributed by atoms with Crippen LogP contribution in [0.15, 0.2) is 33.6 Å². The van der Waals surface area contributed by atoms with Crippen LogP contribution in [0.2, 0.25) is 0 Å². The molecular weight excluding hydrogens is 423 g/mol. The van der Waals surface area contributed by atoms with Crippen LogP contribution in [0, 0.1) is 17.1 Å². The van der Waals surface area contributed by atoms with Crippen LogP contribution in [0.1, 0.15) is 42.8 Å². The number of thiocarbonyl (C=S) groups is 1. The highest BCUT2D eigenvalue weighted by Gasteiger charge is 2.33. The Kier molecular flexibility index (Phi) is 6.16. The van der Waals surface area contributed by atoms with Crippen molar-refractivity contribution in [2.45, 2.75) is 32.2 Å². The molecule has 2 fully saturated rings. The van der Waals surface area contributed by atoms with E-state index in [2.05, 4.69) is 16.0 Å². The molecule has 1 aromatic carbocycles. The Balaban J connectivity index is 1.54. The first-order chi connectivity index (χ1) is 14.5. The summed E-state index contributed by atoms with van der Waals surface area (Å²) in [5.41, 5.74) is 1.00. The highest BCUT2D eigenvalue weighted by molar-refractivity contribution is 8.26. The van der Waals surface area contributed by atoms with E-state index in [-0.39, 0.29) is 29.9 Å². The summed E-state index contributed by atoms with van der Waals surface area (Å²) >= 11 is 6.51. The van der Waals surface area contributed by atoms with E-state index in [1.54, 1.807) is 12.1 Å². The lowest BCUT2D eigenvalue weighted by Crippen LogP contribution is -2.27. The highest BCUT2D eigenvalue weighted by Crippen LogP contribution is 2.34. The van der Waals surface area contributed by atoms with Gasteiger partial charge in [-0.15, -0.1) is 0 Å². The maximum atomic E-state index is 13.1. The molecule has 9 heteroatoms. The number of hydrogen-bond donors (Lipinski definition) is 0. The number of amides is 1. The van der Waals surface area contributed by atoms with E-state index < -0.39 is 0 Å². The lowest BCUT2D eigenvalue weighted by molar-refractivity contribution is -0.122. The van der Waals surface area contributed by atoms with Gasteiger partial charge in [0.2, 0.25) is 17.5 Å². The van der Waals surface area contributed by atoms with E-state index in [4.69, 9.17) is 16.6 Å². The molecular formula is C21H19FN4O2S2. The van der Waals surface area contributed by atoms with Crippen LogP contribution >= 0.6 is 24.0 Å². The minimum atomic E-state index is -0.332. The minimum Gasteiger partial charge on any atom is -0.420 e. The smallest absolute Gasteiger partial charge is 0.266 e. The zero-order valence-corrected chi connectivity index (χ0v) is 17.8. The van der Waals surface area contributed by atoms with Crippen molar-refractivity contribution in [2.75, 3.05) is 18.0 Å². The van der Waals surface area contributed by atoms with E-state index in [1.165, 1.54) is 23.1 Å². The topological polar surface area (TPSA) is 73.4 Å². The fourth-order valence-corrected chi connectivity index (χ4v) is 4.69. The highest BCUT2D eigenvalue weighted by atomic mass is 32.2. The summed E-state index contributed by atoms with van der Waals surface area (Å²) in [7, 11) is 0. The van der Waals surface area contributed by atoms with Crippen molar-refractivity contribution in [3.63, 3.8) is 0 Å². The molecule has 0 unspecified atom stereocenters. The van der Waals surface area contributed by atoms with Gasteiger partial charge in [-0.2, -0.15) is 10.2 Å². The van der Waals surface area contributed by atoms with E-state index >= 15 is 0 Å². The molecule has 0 atom stereocenters. The number of nitriles is 1. The number of halogens is 1. The second-order valence-electron chi connectivity index (χ2n) is 7.11. The summed E-state index contributed by atoms with van der Waals surface area (Å²) in [5.74, 6) is 0.0873. The standard InChI is InChI=1S/C21H19FN4O2S2/c22-15-7-5-14(6-8-15)13-26-19(27)17(30-21(26)29)11-18-24-16(12-23)20(28-18)25-9-3-1-2-4-10-25/h5-8,11H,1-4,9-10,13H2. The molecule has 2 aliphatic heterocycles. The third kappa shape index (κ3) is 4.40. The van der Waals surface area contributed by atoms with E-state index in [9.17, 15) is 14.4 Å². The molecule has 2 saturated heterocycles. The van der Waals surface area contributed by atoms with Crippen LogP contribution in [0.25, 0.3) is 6.08 Å². The molecule has 1 aromatic heterocycles. The van der Waals surface area contributed by atoms with Crippen LogP contribution in [-0.4, -0.2) is 33.2 Å². The molecule has 0 spiro atoms. The fourth-order valence-electron chi connectivity index (χ4n) is 3.47. The summed E-state index contributed by atoms with van der Waals surface area (Å²) in [6.45, 7) is 1.91. The van der Waals surface area contributed by atoms with Crippen molar-refractivity contribution >= 4 is 46.2 Å². The molecule has 30 heavy (non-hydrogen) atoms. The summed E-state index contributed by atoms with van der Waals surface area (Å²) in [4.78, 5) is 21.0. The largest absolute Gasteiger partial charge is 0.420 e. The van der Waals surface area contributed by atoms with Gasteiger partial charge in [-0.05, 0) is 30.5 Å². The summed E-state index contributed by atoms with van der Waals surface area (Å²) in [5, 5.41) is 9.47. The van der Waals surface area contributed by atoms with Gasteiger partial charge in [-0.1, -0.05) is 49.0 Å². The first-order valence-corrected chi connectivity index (χ1v) is 10.9. The summed E-state index contributed by atoms with van der Waals surface area (Å²) < 4.78 is 19.4.